The fraction of sp³-hybridized carbons (Fsp3) is 0.125. The van der Waals surface area contributed by atoms with E-state index >= 15 is 0 Å². The van der Waals surface area contributed by atoms with E-state index in [1.165, 1.54) is 17.7 Å². The predicted octanol–water partition coefficient (Wildman–Crippen LogP) is 5.10. The molecule has 3 rings (SSSR count). The Morgan fingerprint density at radius 1 is 1.00 bits per heavy atom. The third kappa shape index (κ3) is 5.17. The van der Waals surface area contributed by atoms with Crippen molar-refractivity contribution in [2.45, 2.75) is 13.5 Å². The lowest BCUT2D eigenvalue weighted by atomic mass is 10.0. The zero-order valence-electron chi connectivity index (χ0n) is 16.4. The van der Waals surface area contributed by atoms with Crippen molar-refractivity contribution in [2.24, 2.45) is 0 Å². The maximum absolute atomic E-state index is 13.3. The first kappa shape index (κ1) is 20.0. The Bertz CT molecular complexity index is 1040. The molecule has 0 unspecified atom stereocenters. The summed E-state index contributed by atoms with van der Waals surface area (Å²) in [5, 5.41) is 11.1. The molecule has 0 spiro atoms. The lowest BCUT2D eigenvalue weighted by Gasteiger charge is -2.20. The van der Waals surface area contributed by atoms with E-state index in [0.717, 1.165) is 11.1 Å². The van der Waals surface area contributed by atoms with Crippen molar-refractivity contribution in [2.75, 3.05) is 7.05 Å². The Labute approximate surface area is 170 Å². The number of amides is 1. The number of likely N-dealkylation sites (N-methyl/N-ethyl adjacent to an activating group) is 1. The molecule has 3 aromatic carbocycles. The fourth-order valence-electron chi connectivity index (χ4n) is 3.03. The highest BCUT2D eigenvalue weighted by molar-refractivity contribution is 6.24. The van der Waals surface area contributed by atoms with Gasteiger partial charge in [-0.1, -0.05) is 72.3 Å². The Morgan fingerprint density at radius 2 is 1.69 bits per heavy atom. The number of hydrogen-bond acceptors (Lipinski definition) is 3. The van der Waals surface area contributed by atoms with E-state index in [1.54, 1.807) is 30.2 Å². The summed E-state index contributed by atoms with van der Waals surface area (Å²) in [6.45, 7) is 2.49. The second kappa shape index (κ2) is 8.97. The van der Waals surface area contributed by atoms with Crippen molar-refractivity contribution in [1.82, 2.24) is 4.90 Å². The van der Waals surface area contributed by atoms with Crippen LogP contribution in [0.2, 0.25) is 0 Å². The number of nitro groups is 1. The molecule has 5 nitrogen and oxygen atoms in total. The minimum absolute atomic E-state index is 0.00776. The van der Waals surface area contributed by atoms with Gasteiger partial charge in [0.1, 0.15) is 0 Å². The zero-order chi connectivity index (χ0) is 20.8. The molecule has 0 fully saturated rings. The van der Waals surface area contributed by atoms with Crippen LogP contribution in [0.3, 0.4) is 0 Å². The van der Waals surface area contributed by atoms with E-state index in [9.17, 15) is 14.9 Å². The SMILES string of the molecule is Cc1ccc(CN(C)C(=O)/C(=C/c2cccc([N+](=O)[O-])c2)c2ccccc2)cc1. The summed E-state index contributed by atoms with van der Waals surface area (Å²) in [4.78, 5) is 25.6. The molecule has 29 heavy (non-hydrogen) atoms. The summed E-state index contributed by atoms with van der Waals surface area (Å²) in [6.07, 6.45) is 1.70. The molecule has 0 saturated carbocycles. The van der Waals surface area contributed by atoms with Crippen LogP contribution in [0, 0.1) is 17.0 Å². The lowest BCUT2D eigenvalue weighted by Crippen LogP contribution is -2.27. The third-order valence-electron chi connectivity index (χ3n) is 4.59. The van der Waals surface area contributed by atoms with E-state index in [4.69, 9.17) is 0 Å². The van der Waals surface area contributed by atoms with Gasteiger partial charge in [0.25, 0.3) is 11.6 Å². The molecule has 0 aliphatic heterocycles. The molecule has 1 amide bonds. The molecule has 0 heterocycles. The number of nitrogens with zero attached hydrogens (tertiary/aromatic N) is 2. The molecular weight excluding hydrogens is 364 g/mol. The second-order valence-electron chi connectivity index (χ2n) is 6.92. The Hall–Kier alpha value is -3.73. The van der Waals surface area contributed by atoms with E-state index in [0.29, 0.717) is 17.7 Å². The number of carbonyl (C=O) groups excluding carboxylic acids is 1. The van der Waals surface area contributed by atoms with Gasteiger partial charge in [-0.2, -0.15) is 0 Å². The quantitative estimate of drug-likeness (QED) is 0.256. The minimum atomic E-state index is -0.440. The zero-order valence-corrected chi connectivity index (χ0v) is 16.4. The van der Waals surface area contributed by atoms with Crippen molar-refractivity contribution in [3.63, 3.8) is 0 Å². The molecular formula is C24H22N2O3. The normalized spacial score (nSPS) is 11.2. The average Bonchev–Trinajstić information content (AvgIpc) is 2.74. The van der Waals surface area contributed by atoms with Gasteiger partial charge in [-0.05, 0) is 29.7 Å². The molecule has 0 atom stereocenters. The molecule has 0 aromatic heterocycles. The molecule has 0 saturated heterocycles. The minimum Gasteiger partial charge on any atom is -0.337 e. The number of benzene rings is 3. The van der Waals surface area contributed by atoms with Gasteiger partial charge in [-0.3, -0.25) is 14.9 Å². The van der Waals surface area contributed by atoms with Gasteiger partial charge in [-0.25, -0.2) is 0 Å². The maximum Gasteiger partial charge on any atom is 0.270 e. The predicted molar refractivity (Wildman–Crippen MR) is 115 cm³/mol. The van der Waals surface area contributed by atoms with Gasteiger partial charge in [0, 0.05) is 31.3 Å². The van der Waals surface area contributed by atoms with E-state index in [2.05, 4.69) is 0 Å². The summed E-state index contributed by atoms with van der Waals surface area (Å²) in [5.41, 5.74) is 4.05. The second-order valence-corrected chi connectivity index (χ2v) is 6.92. The van der Waals surface area contributed by atoms with Gasteiger partial charge < -0.3 is 4.90 Å². The smallest absolute Gasteiger partial charge is 0.270 e. The molecule has 0 bridgehead atoms. The molecule has 0 radical (unpaired) electrons. The van der Waals surface area contributed by atoms with Gasteiger partial charge >= 0.3 is 0 Å². The molecule has 0 N–H and O–H groups in total. The van der Waals surface area contributed by atoms with Crippen LogP contribution in [0.15, 0.2) is 78.9 Å². The summed E-state index contributed by atoms with van der Waals surface area (Å²) >= 11 is 0. The van der Waals surface area contributed by atoms with Crippen LogP contribution in [0.4, 0.5) is 5.69 Å². The first-order valence-corrected chi connectivity index (χ1v) is 9.26. The largest absolute Gasteiger partial charge is 0.337 e. The Balaban J connectivity index is 1.95. The van der Waals surface area contributed by atoms with Crippen molar-refractivity contribution < 1.29 is 9.72 Å². The number of rotatable bonds is 6. The monoisotopic (exact) mass is 386 g/mol. The summed E-state index contributed by atoms with van der Waals surface area (Å²) in [7, 11) is 1.76. The topological polar surface area (TPSA) is 63.5 Å². The van der Waals surface area contributed by atoms with E-state index < -0.39 is 4.92 Å². The van der Waals surface area contributed by atoms with E-state index in [1.807, 2.05) is 61.5 Å². The van der Waals surface area contributed by atoms with Gasteiger partial charge in [0.2, 0.25) is 0 Å². The number of aryl methyl sites for hydroxylation is 1. The first-order valence-electron chi connectivity index (χ1n) is 9.26. The van der Waals surface area contributed by atoms with Gasteiger partial charge in [0.05, 0.1) is 4.92 Å². The average molecular weight is 386 g/mol. The van der Waals surface area contributed by atoms with Crippen LogP contribution >= 0.6 is 0 Å². The highest BCUT2D eigenvalue weighted by Crippen LogP contribution is 2.23. The molecule has 0 aliphatic rings. The summed E-state index contributed by atoms with van der Waals surface area (Å²) in [6, 6.07) is 23.7. The standard InChI is InChI=1S/C24H22N2O3/c1-18-11-13-19(14-12-18)17-25(2)24(27)23(21-8-4-3-5-9-21)16-20-7-6-10-22(15-20)26(28)29/h3-16H,17H2,1-2H3/b23-16+. The van der Waals surface area contributed by atoms with E-state index in [-0.39, 0.29) is 11.6 Å². The van der Waals surface area contributed by atoms with Crippen molar-refractivity contribution in [3.05, 3.63) is 111 Å². The Kier molecular flexibility index (Phi) is 6.19. The summed E-state index contributed by atoms with van der Waals surface area (Å²) in [5.74, 6) is -0.150. The van der Waals surface area contributed by atoms with Gasteiger partial charge in [0.15, 0.2) is 0 Å². The third-order valence-corrected chi connectivity index (χ3v) is 4.59. The highest BCUT2D eigenvalue weighted by Gasteiger charge is 2.17. The van der Waals surface area contributed by atoms with Crippen LogP contribution in [0.1, 0.15) is 22.3 Å². The van der Waals surface area contributed by atoms with Crippen molar-refractivity contribution >= 4 is 23.2 Å². The number of hydrogen-bond donors (Lipinski definition) is 0. The van der Waals surface area contributed by atoms with Crippen LogP contribution in [-0.2, 0) is 11.3 Å². The van der Waals surface area contributed by atoms with Crippen LogP contribution in [0.5, 0.6) is 0 Å². The number of non-ortho nitro benzene ring substituents is 1. The molecule has 0 aliphatic carbocycles. The van der Waals surface area contributed by atoms with Crippen LogP contribution in [0.25, 0.3) is 11.6 Å². The summed E-state index contributed by atoms with van der Waals surface area (Å²) < 4.78 is 0. The fourth-order valence-corrected chi connectivity index (χ4v) is 3.03. The molecule has 3 aromatic rings. The highest BCUT2D eigenvalue weighted by atomic mass is 16.6. The van der Waals surface area contributed by atoms with Crippen molar-refractivity contribution in [3.8, 4) is 0 Å². The number of nitro benzene ring substituents is 1. The van der Waals surface area contributed by atoms with Crippen LogP contribution in [-0.4, -0.2) is 22.8 Å². The molecule has 146 valence electrons. The van der Waals surface area contributed by atoms with Crippen LogP contribution < -0.4 is 0 Å². The Morgan fingerprint density at radius 3 is 2.34 bits per heavy atom. The van der Waals surface area contributed by atoms with Gasteiger partial charge in [-0.15, -0.1) is 0 Å². The van der Waals surface area contributed by atoms with Crippen molar-refractivity contribution in [1.29, 1.82) is 0 Å². The maximum atomic E-state index is 13.3. The molecule has 5 heteroatoms. The lowest BCUT2D eigenvalue weighted by molar-refractivity contribution is -0.384. The number of carbonyl (C=O) groups is 1. The first-order chi connectivity index (χ1) is 13.9.